The molecular formula is C14H22N2O2. The molecule has 2 amide bonds. The zero-order valence-electron chi connectivity index (χ0n) is 10.8. The molecule has 2 saturated carbocycles. The van der Waals surface area contributed by atoms with Crippen LogP contribution in [0.3, 0.4) is 0 Å². The Kier molecular flexibility index (Phi) is 3.04. The summed E-state index contributed by atoms with van der Waals surface area (Å²) in [5.74, 6) is 2.25. The molecule has 0 radical (unpaired) electrons. The number of hydrogen-bond acceptors (Lipinski definition) is 2. The summed E-state index contributed by atoms with van der Waals surface area (Å²) < 4.78 is 0. The third-order valence-electron chi connectivity index (χ3n) is 4.71. The molecular weight excluding hydrogens is 228 g/mol. The van der Waals surface area contributed by atoms with Gasteiger partial charge < -0.3 is 10.6 Å². The summed E-state index contributed by atoms with van der Waals surface area (Å²) in [5, 5.41) is 0. The van der Waals surface area contributed by atoms with Gasteiger partial charge in [0, 0.05) is 25.4 Å². The second-order valence-corrected chi connectivity index (χ2v) is 6.31. The van der Waals surface area contributed by atoms with E-state index in [0.717, 1.165) is 38.3 Å². The van der Waals surface area contributed by atoms with E-state index in [0.29, 0.717) is 30.1 Å². The highest BCUT2D eigenvalue weighted by molar-refractivity contribution is 5.82. The van der Waals surface area contributed by atoms with Crippen LogP contribution < -0.4 is 5.73 Å². The quantitative estimate of drug-likeness (QED) is 0.813. The molecule has 4 nitrogen and oxygen atoms in total. The van der Waals surface area contributed by atoms with E-state index >= 15 is 0 Å². The third kappa shape index (κ3) is 2.52. The maximum absolute atomic E-state index is 12.3. The number of nitrogens with two attached hydrogens (primary N) is 1. The van der Waals surface area contributed by atoms with Crippen molar-refractivity contribution in [1.82, 2.24) is 4.90 Å². The Bertz CT molecular complexity index is 365. The fraction of sp³-hybridized carbons (Fsp3) is 0.857. The van der Waals surface area contributed by atoms with E-state index in [1.54, 1.807) is 0 Å². The molecule has 1 aliphatic heterocycles. The zero-order valence-corrected chi connectivity index (χ0v) is 10.8. The highest BCUT2D eigenvalue weighted by Crippen LogP contribution is 2.55. The number of amides is 2. The van der Waals surface area contributed by atoms with E-state index in [1.165, 1.54) is 12.8 Å². The first-order valence-corrected chi connectivity index (χ1v) is 7.22. The molecule has 2 aliphatic carbocycles. The lowest BCUT2D eigenvalue weighted by atomic mass is 9.94. The summed E-state index contributed by atoms with van der Waals surface area (Å²) in [6.45, 7) is 1.62. The fourth-order valence-corrected chi connectivity index (χ4v) is 3.49. The van der Waals surface area contributed by atoms with Crippen LogP contribution in [0.2, 0.25) is 0 Å². The van der Waals surface area contributed by atoms with Gasteiger partial charge in [-0.2, -0.15) is 0 Å². The highest BCUT2D eigenvalue weighted by atomic mass is 16.2. The predicted molar refractivity (Wildman–Crippen MR) is 67.4 cm³/mol. The van der Waals surface area contributed by atoms with E-state index in [1.807, 2.05) is 4.90 Å². The van der Waals surface area contributed by atoms with Crippen LogP contribution >= 0.6 is 0 Å². The Balaban J connectivity index is 1.52. The maximum atomic E-state index is 12.3. The molecule has 2 N–H and O–H groups in total. The van der Waals surface area contributed by atoms with E-state index in [9.17, 15) is 9.59 Å². The molecule has 3 fully saturated rings. The van der Waals surface area contributed by atoms with E-state index in [2.05, 4.69) is 0 Å². The number of primary amides is 1. The third-order valence-corrected chi connectivity index (χ3v) is 4.71. The van der Waals surface area contributed by atoms with E-state index in [4.69, 9.17) is 5.73 Å². The van der Waals surface area contributed by atoms with Crippen molar-refractivity contribution in [3.8, 4) is 0 Å². The topological polar surface area (TPSA) is 63.4 Å². The van der Waals surface area contributed by atoms with Gasteiger partial charge in [0.1, 0.15) is 0 Å². The molecule has 0 bridgehead atoms. The molecule has 0 spiro atoms. The number of carbonyl (C=O) groups excluding carboxylic acids is 2. The van der Waals surface area contributed by atoms with Crippen LogP contribution in [0.25, 0.3) is 0 Å². The first-order valence-electron chi connectivity index (χ1n) is 7.22. The smallest absolute Gasteiger partial charge is 0.225 e. The number of carbonyl (C=O) groups is 2. The number of piperidine rings is 1. The van der Waals surface area contributed by atoms with E-state index in [-0.39, 0.29) is 5.91 Å². The predicted octanol–water partition coefficient (Wildman–Crippen LogP) is 1.15. The van der Waals surface area contributed by atoms with Gasteiger partial charge in [-0.15, -0.1) is 0 Å². The molecule has 0 aromatic carbocycles. The molecule has 3 aliphatic rings. The number of rotatable bonds is 4. The van der Waals surface area contributed by atoms with Crippen molar-refractivity contribution in [2.45, 2.75) is 38.5 Å². The van der Waals surface area contributed by atoms with Gasteiger partial charge in [0.15, 0.2) is 0 Å². The Morgan fingerprint density at radius 3 is 2.67 bits per heavy atom. The Labute approximate surface area is 108 Å². The average Bonchev–Trinajstić information content (AvgIpc) is 3.17. The monoisotopic (exact) mass is 250 g/mol. The minimum Gasteiger partial charge on any atom is -0.370 e. The van der Waals surface area contributed by atoms with E-state index < -0.39 is 0 Å². The standard InChI is InChI=1S/C14H22N2O2/c15-13(17)6-9-2-1-5-16(8-9)14(18)12-7-11(12)10-3-4-10/h9-12H,1-8H2,(H2,15,17)/t9?,11-,12+/m1/s1. The summed E-state index contributed by atoms with van der Waals surface area (Å²) in [4.78, 5) is 25.3. The van der Waals surface area contributed by atoms with Gasteiger partial charge >= 0.3 is 0 Å². The van der Waals surface area contributed by atoms with Crippen LogP contribution in [0.5, 0.6) is 0 Å². The second kappa shape index (κ2) is 4.56. The molecule has 100 valence electrons. The molecule has 18 heavy (non-hydrogen) atoms. The highest BCUT2D eigenvalue weighted by Gasteiger charge is 2.52. The summed E-state index contributed by atoms with van der Waals surface area (Å²) in [6, 6.07) is 0. The van der Waals surface area contributed by atoms with Crippen molar-refractivity contribution in [3.63, 3.8) is 0 Å². The average molecular weight is 250 g/mol. The van der Waals surface area contributed by atoms with Crippen LogP contribution in [0.15, 0.2) is 0 Å². The first-order chi connectivity index (χ1) is 8.65. The van der Waals surface area contributed by atoms with Gasteiger partial charge in [-0.3, -0.25) is 9.59 Å². The fourth-order valence-electron chi connectivity index (χ4n) is 3.49. The Hall–Kier alpha value is -1.06. The molecule has 1 heterocycles. The Morgan fingerprint density at radius 1 is 1.22 bits per heavy atom. The molecule has 0 aromatic heterocycles. The van der Waals surface area contributed by atoms with Crippen molar-refractivity contribution >= 4 is 11.8 Å². The zero-order chi connectivity index (χ0) is 12.7. The van der Waals surface area contributed by atoms with Crippen LogP contribution in [-0.4, -0.2) is 29.8 Å². The number of nitrogens with zero attached hydrogens (tertiary/aromatic N) is 1. The van der Waals surface area contributed by atoms with Crippen molar-refractivity contribution in [2.75, 3.05) is 13.1 Å². The molecule has 1 saturated heterocycles. The largest absolute Gasteiger partial charge is 0.370 e. The van der Waals surface area contributed by atoms with Crippen molar-refractivity contribution in [3.05, 3.63) is 0 Å². The normalized spacial score (nSPS) is 35.3. The molecule has 0 aromatic rings. The first kappa shape index (κ1) is 12.0. The lowest BCUT2D eigenvalue weighted by Gasteiger charge is -2.32. The van der Waals surface area contributed by atoms with Crippen LogP contribution in [0.1, 0.15) is 38.5 Å². The Morgan fingerprint density at radius 2 is 2.00 bits per heavy atom. The second-order valence-electron chi connectivity index (χ2n) is 6.31. The molecule has 3 rings (SSSR count). The van der Waals surface area contributed by atoms with Gasteiger partial charge in [-0.05, 0) is 49.9 Å². The summed E-state index contributed by atoms with van der Waals surface area (Å²) in [6.07, 6.45) is 6.26. The minimum atomic E-state index is -0.239. The lowest BCUT2D eigenvalue weighted by molar-refractivity contribution is -0.135. The molecule has 1 unspecified atom stereocenters. The van der Waals surface area contributed by atoms with Gasteiger partial charge in [0.05, 0.1) is 0 Å². The lowest BCUT2D eigenvalue weighted by Crippen LogP contribution is -2.42. The van der Waals surface area contributed by atoms with Crippen molar-refractivity contribution in [1.29, 1.82) is 0 Å². The van der Waals surface area contributed by atoms with Crippen LogP contribution in [0.4, 0.5) is 0 Å². The number of likely N-dealkylation sites (tertiary alicyclic amines) is 1. The van der Waals surface area contributed by atoms with Crippen LogP contribution in [0, 0.1) is 23.7 Å². The SMILES string of the molecule is NC(=O)CC1CCCN(C(=O)[C@H]2C[C@@H]2C2CC2)C1. The summed E-state index contributed by atoms with van der Waals surface area (Å²) in [5.41, 5.74) is 5.24. The van der Waals surface area contributed by atoms with Crippen LogP contribution in [-0.2, 0) is 9.59 Å². The molecule has 3 atom stereocenters. The maximum Gasteiger partial charge on any atom is 0.225 e. The van der Waals surface area contributed by atoms with Crippen molar-refractivity contribution in [2.24, 2.45) is 29.4 Å². The van der Waals surface area contributed by atoms with Gasteiger partial charge in [0.2, 0.25) is 11.8 Å². The van der Waals surface area contributed by atoms with Gasteiger partial charge in [-0.1, -0.05) is 0 Å². The van der Waals surface area contributed by atoms with Gasteiger partial charge in [0.25, 0.3) is 0 Å². The summed E-state index contributed by atoms with van der Waals surface area (Å²) >= 11 is 0. The summed E-state index contributed by atoms with van der Waals surface area (Å²) in [7, 11) is 0. The van der Waals surface area contributed by atoms with Gasteiger partial charge in [-0.25, -0.2) is 0 Å². The minimum absolute atomic E-state index is 0.239. The number of hydrogen-bond donors (Lipinski definition) is 1. The van der Waals surface area contributed by atoms with Crippen molar-refractivity contribution < 1.29 is 9.59 Å². The molecule has 4 heteroatoms.